The molecule has 1 fully saturated rings. The summed E-state index contributed by atoms with van der Waals surface area (Å²) in [7, 11) is -1.43. The van der Waals surface area contributed by atoms with E-state index in [1.54, 1.807) is 0 Å². The Labute approximate surface area is 70.7 Å². The highest BCUT2D eigenvalue weighted by atomic mass is 19.3. The first-order valence-electron chi connectivity index (χ1n) is 4.25. The van der Waals surface area contributed by atoms with Gasteiger partial charge in [-0.3, -0.25) is 0 Å². The normalized spacial score (nSPS) is 29.5. The van der Waals surface area contributed by atoms with E-state index in [1.807, 2.05) is 0 Å². The van der Waals surface area contributed by atoms with E-state index in [1.165, 1.54) is 0 Å². The van der Waals surface area contributed by atoms with Crippen molar-refractivity contribution in [2.45, 2.75) is 43.8 Å². The van der Waals surface area contributed by atoms with Gasteiger partial charge in [-0.2, -0.15) is 0 Å². The van der Waals surface area contributed by atoms with Crippen LogP contribution in [0.3, 0.4) is 0 Å². The maximum Gasteiger partial charge on any atom is 0.454 e. The minimum absolute atomic E-state index is 0.115. The van der Waals surface area contributed by atoms with E-state index >= 15 is 0 Å². The fourth-order valence-corrected chi connectivity index (χ4v) is 1.59. The van der Waals surface area contributed by atoms with Crippen LogP contribution in [0.2, 0.25) is 5.82 Å². The summed E-state index contributed by atoms with van der Waals surface area (Å²) in [5, 5.41) is 17.6. The van der Waals surface area contributed by atoms with Crippen molar-refractivity contribution in [2.24, 2.45) is 0 Å². The molecule has 1 unspecified atom stereocenters. The molecule has 1 saturated carbocycles. The van der Waals surface area contributed by atoms with Crippen molar-refractivity contribution in [1.82, 2.24) is 0 Å². The largest absolute Gasteiger partial charge is 0.454 e. The highest BCUT2D eigenvalue weighted by Crippen LogP contribution is 2.37. The van der Waals surface area contributed by atoms with Crippen molar-refractivity contribution in [2.75, 3.05) is 0 Å². The van der Waals surface area contributed by atoms with E-state index < -0.39 is 13.0 Å². The fourth-order valence-electron chi connectivity index (χ4n) is 1.59. The monoisotopic (exact) mass is 178 g/mol. The first kappa shape index (κ1) is 9.93. The van der Waals surface area contributed by atoms with Gasteiger partial charge in [0.15, 0.2) is 0 Å². The highest BCUT2D eigenvalue weighted by molar-refractivity contribution is 6.43. The Morgan fingerprint density at radius 3 is 2.42 bits per heavy atom. The molecule has 0 amide bonds. The third-order valence-electron chi connectivity index (χ3n) is 2.42. The zero-order chi connectivity index (χ0) is 9.19. The summed E-state index contributed by atoms with van der Waals surface area (Å²) in [6.07, 6.45) is 0.763. The summed E-state index contributed by atoms with van der Waals surface area (Å²) in [5.74, 6) is -2.96. The number of alkyl halides is 2. The van der Waals surface area contributed by atoms with Crippen LogP contribution in [-0.2, 0) is 0 Å². The van der Waals surface area contributed by atoms with Crippen LogP contribution in [0, 0.1) is 0 Å². The standard InChI is InChI=1S/C7H13BF2O2/c9-7(10)4-1-2-6(3-5-7)8(11)12/h6,11-12H,1-5H2. The van der Waals surface area contributed by atoms with E-state index in [0.717, 1.165) is 0 Å². The Morgan fingerprint density at radius 2 is 1.83 bits per heavy atom. The second kappa shape index (κ2) is 3.70. The lowest BCUT2D eigenvalue weighted by Crippen LogP contribution is -2.20. The average Bonchev–Trinajstić information content (AvgIpc) is 2.10. The lowest BCUT2D eigenvalue weighted by Gasteiger charge is -2.13. The van der Waals surface area contributed by atoms with Crippen molar-refractivity contribution in [1.29, 1.82) is 0 Å². The predicted molar refractivity (Wildman–Crippen MR) is 42.0 cm³/mol. The van der Waals surface area contributed by atoms with Crippen LogP contribution in [0.1, 0.15) is 32.1 Å². The maximum absolute atomic E-state index is 12.7. The average molecular weight is 178 g/mol. The zero-order valence-electron chi connectivity index (χ0n) is 6.84. The van der Waals surface area contributed by atoms with Gasteiger partial charge >= 0.3 is 7.12 Å². The summed E-state index contributed by atoms with van der Waals surface area (Å²) in [5.41, 5.74) is 0. The SMILES string of the molecule is OB(O)C1CCCC(F)(F)CC1. The molecule has 0 aliphatic heterocycles. The Hall–Kier alpha value is -0.155. The van der Waals surface area contributed by atoms with Gasteiger partial charge in [0.25, 0.3) is 0 Å². The van der Waals surface area contributed by atoms with Crippen molar-refractivity contribution >= 4 is 7.12 Å². The number of hydrogen-bond acceptors (Lipinski definition) is 2. The predicted octanol–water partition coefficient (Wildman–Crippen LogP) is 1.43. The van der Waals surface area contributed by atoms with Gasteiger partial charge in [-0.05, 0) is 18.7 Å². The molecule has 0 saturated heterocycles. The minimum Gasteiger partial charge on any atom is -0.427 e. The van der Waals surface area contributed by atoms with Crippen molar-refractivity contribution < 1.29 is 18.8 Å². The smallest absolute Gasteiger partial charge is 0.427 e. The molecule has 0 aromatic heterocycles. The van der Waals surface area contributed by atoms with Crippen LogP contribution in [-0.4, -0.2) is 23.1 Å². The van der Waals surface area contributed by atoms with Gasteiger partial charge in [0.05, 0.1) is 0 Å². The van der Waals surface area contributed by atoms with Crippen molar-refractivity contribution in [3.05, 3.63) is 0 Å². The maximum atomic E-state index is 12.7. The third kappa shape index (κ3) is 2.71. The van der Waals surface area contributed by atoms with Crippen LogP contribution in [0.5, 0.6) is 0 Å². The lowest BCUT2D eigenvalue weighted by molar-refractivity contribution is -0.0139. The quantitative estimate of drug-likeness (QED) is 0.470. The fraction of sp³-hybridized carbons (Fsp3) is 1.00. The summed E-state index contributed by atoms with van der Waals surface area (Å²) in [6.45, 7) is 0. The topological polar surface area (TPSA) is 40.5 Å². The summed E-state index contributed by atoms with van der Waals surface area (Å²) < 4.78 is 25.5. The molecule has 0 spiro atoms. The van der Waals surface area contributed by atoms with E-state index in [4.69, 9.17) is 10.0 Å². The molecule has 2 nitrogen and oxygen atoms in total. The molecule has 5 heteroatoms. The molecule has 12 heavy (non-hydrogen) atoms. The number of hydrogen-bond donors (Lipinski definition) is 2. The molecule has 1 aliphatic rings. The third-order valence-corrected chi connectivity index (χ3v) is 2.42. The van der Waals surface area contributed by atoms with E-state index in [2.05, 4.69) is 0 Å². The van der Waals surface area contributed by atoms with Crippen molar-refractivity contribution in [3.8, 4) is 0 Å². The summed E-state index contributed by atoms with van der Waals surface area (Å²) >= 11 is 0. The molecule has 1 rings (SSSR count). The second-order valence-electron chi connectivity index (χ2n) is 3.46. The Bertz CT molecular complexity index is 152. The first-order chi connectivity index (χ1) is 5.51. The molecule has 0 aromatic rings. The summed E-state index contributed by atoms with van der Waals surface area (Å²) in [4.78, 5) is 0. The first-order valence-corrected chi connectivity index (χ1v) is 4.25. The number of halogens is 2. The number of rotatable bonds is 1. The molecule has 0 aromatic carbocycles. The van der Waals surface area contributed by atoms with Gasteiger partial charge in [-0.1, -0.05) is 6.42 Å². The van der Waals surface area contributed by atoms with Gasteiger partial charge in [0, 0.05) is 12.8 Å². The van der Waals surface area contributed by atoms with Gasteiger partial charge < -0.3 is 10.0 Å². The molecular weight excluding hydrogens is 165 g/mol. The lowest BCUT2D eigenvalue weighted by atomic mass is 9.69. The van der Waals surface area contributed by atoms with Crippen LogP contribution in [0.4, 0.5) is 8.78 Å². The van der Waals surface area contributed by atoms with Gasteiger partial charge in [0.2, 0.25) is 5.92 Å². The van der Waals surface area contributed by atoms with Gasteiger partial charge in [0.1, 0.15) is 0 Å². The molecule has 1 aliphatic carbocycles. The second-order valence-corrected chi connectivity index (χ2v) is 3.46. The van der Waals surface area contributed by atoms with E-state index in [9.17, 15) is 8.78 Å². The molecular formula is C7H13BF2O2. The molecule has 2 N–H and O–H groups in total. The molecule has 0 radical (unpaired) electrons. The van der Waals surface area contributed by atoms with E-state index in [0.29, 0.717) is 12.8 Å². The van der Waals surface area contributed by atoms with Crippen LogP contribution in [0.25, 0.3) is 0 Å². The van der Waals surface area contributed by atoms with Crippen LogP contribution < -0.4 is 0 Å². The van der Waals surface area contributed by atoms with Gasteiger partial charge in [-0.15, -0.1) is 0 Å². The Morgan fingerprint density at radius 1 is 1.17 bits per heavy atom. The van der Waals surface area contributed by atoms with Gasteiger partial charge in [-0.25, -0.2) is 8.78 Å². The summed E-state index contributed by atoms with van der Waals surface area (Å²) in [6, 6.07) is 0. The molecule has 0 bridgehead atoms. The molecule has 1 atom stereocenters. The highest BCUT2D eigenvalue weighted by Gasteiger charge is 2.35. The van der Waals surface area contributed by atoms with E-state index in [-0.39, 0.29) is 25.1 Å². The zero-order valence-corrected chi connectivity index (χ0v) is 6.84. The molecule has 70 valence electrons. The van der Waals surface area contributed by atoms with Crippen LogP contribution in [0.15, 0.2) is 0 Å². The Balaban J connectivity index is 2.45. The van der Waals surface area contributed by atoms with Crippen molar-refractivity contribution in [3.63, 3.8) is 0 Å². The van der Waals surface area contributed by atoms with Crippen LogP contribution >= 0.6 is 0 Å². The molecule has 0 heterocycles. The Kier molecular flexibility index (Phi) is 3.07. The minimum atomic E-state index is -2.59.